The first-order valence-corrected chi connectivity index (χ1v) is 9.05. The van der Waals surface area contributed by atoms with Crippen LogP contribution in [-0.2, 0) is 37.3 Å². The molecule has 2 rings (SSSR count). The Labute approximate surface area is 137 Å². The van der Waals surface area contributed by atoms with E-state index in [1.54, 1.807) is 0 Å². The van der Waals surface area contributed by atoms with Gasteiger partial charge in [0.1, 0.15) is 0 Å². The molecule has 0 aliphatic heterocycles. The molecule has 0 amide bonds. The molecule has 0 spiro atoms. The first-order chi connectivity index (χ1) is 8.21. The minimum absolute atomic E-state index is 0. The van der Waals surface area contributed by atoms with Crippen LogP contribution in [0.25, 0.3) is 0 Å². The fourth-order valence-electron chi connectivity index (χ4n) is 2.35. The van der Waals surface area contributed by atoms with E-state index >= 15 is 0 Å². The molecule has 11 heteroatoms. The number of hydrogen-bond acceptors (Lipinski definition) is 6. The van der Waals surface area contributed by atoms with E-state index in [4.69, 9.17) is 0 Å². The predicted octanol–water partition coefficient (Wildman–Crippen LogP) is 1.70. The van der Waals surface area contributed by atoms with Crippen molar-refractivity contribution in [1.29, 1.82) is 0 Å². The van der Waals surface area contributed by atoms with Gasteiger partial charge in [-0.3, -0.25) is 0 Å². The van der Waals surface area contributed by atoms with Crippen molar-refractivity contribution in [3.8, 4) is 0 Å². The number of quaternary nitrogens is 2. The molecule has 132 valence electrons. The molecule has 0 aromatic carbocycles. The van der Waals surface area contributed by atoms with Crippen molar-refractivity contribution in [1.82, 2.24) is 12.3 Å². The fourth-order valence-corrected chi connectivity index (χ4v) is 4.18. The Morgan fingerprint density at radius 2 is 0.810 bits per heavy atom. The quantitative estimate of drug-likeness (QED) is 0.533. The number of hydrogen-bond donors (Lipinski definition) is 2. The van der Waals surface area contributed by atoms with Crippen molar-refractivity contribution in [2.75, 3.05) is 0 Å². The summed E-state index contributed by atoms with van der Waals surface area (Å²) in [5, 5.41) is -1.14. The molecular weight excluding hydrogens is 364 g/mol. The zero-order valence-electron chi connectivity index (χ0n) is 12.4. The van der Waals surface area contributed by atoms with Gasteiger partial charge in [-0.05, 0) is 25.7 Å². The summed E-state index contributed by atoms with van der Waals surface area (Å²) in [5.74, 6) is 0. The Kier molecular flexibility index (Phi) is 13.6. The summed E-state index contributed by atoms with van der Waals surface area (Å²) < 4.78 is 61.7. The minimum Gasteiger partial charge on any atom is -0.748 e. The molecule has 0 aromatic rings. The second-order valence-corrected chi connectivity index (χ2v) is 8.10. The molecule has 0 radical (unpaired) electrons. The average molecular weight is 390 g/mol. The molecule has 0 atom stereocenters. The van der Waals surface area contributed by atoms with Crippen LogP contribution < -0.4 is 12.3 Å². The standard InChI is InChI=1S/2C5H10O3S.Fe.2H3N/c2*6-9(7,8)5-3-1-2-4-5;;;/h2*5H,1-4H2,(H,6,7,8);;2*1H3. The zero-order chi connectivity index (χ0) is 13.8. The van der Waals surface area contributed by atoms with E-state index < -0.39 is 30.7 Å². The van der Waals surface area contributed by atoms with Gasteiger partial charge in [0.25, 0.3) is 0 Å². The smallest absolute Gasteiger partial charge is 0.0975 e. The molecule has 0 aromatic heterocycles. The van der Waals surface area contributed by atoms with Gasteiger partial charge in [0.05, 0.1) is 20.2 Å². The Balaban J connectivity index is -0.000000270. The molecule has 0 heterocycles. The zero-order valence-corrected chi connectivity index (χ0v) is 15.2. The van der Waals surface area contributed by atoms with Crippen molar-refractivity contribution in [2.45, 2.75) is 61.9 Å². The summed E-state index contributed by atoms with van der Waals surface area (Å²) in [5.41, 5.74) is 0. The van der Waals surface area contributed by atoms with Crippen molar-refractivity contribution in [3.63, 3.8) is 0 Å². The van der Waals surface area contributed by atoms with Crippen molar-refractivity contribution in [3.05, 3.63) is 0 Å². The maximum Gasteiger partial charge on any atom is 0.0975 e. The third kappa shape index (κ3) is 9.80. The van der Waals surface area contributed by atoms with E-state index in [1.807, 2.05) is 0 Å². The van der Waals surface area contributed by atoms with Crippen LogP contribution in [0, 0.1) is 0 Å². The SMILES string of the molecule is O=S(=O)([O-])C1CCCC1.O=S(=O)([O-])C1CCCC1.[Fe].[NH4+].[NH4+]. The molecule has 2 fully saturated rings. The first-order valence-electron chi connectivity index (χ1n) is 6.10. The Bertz CT molecular complexity index is 412. The van der Waals surface area contributed by atoms with Gasteiger partial charge in [-0.1, -0.05) is 25.7 Å². The molecule has 0 saturated heterocycles. The summed E-state index contributed by atoms with van der Waals surface area (Å²) in [6.07, 6.45) is 5.88. The molecule has 2 aliphatic carbocycles. The third-order valence-corrected chi connectivity index (χ3v) is 6.00. The summed E-state index contributed by atoms with van der Waals surface area (Å²) >= 11 is 0. The summed E-state index contributed by atoms with van der Waals surface area (Å²) in [6.45, 7) is 0. The third-order valence-electron chi connectivity index (χ3n) is 3.42. The average Bonchev–Trinajstić information content (AvgIpc) is 2.91. The number of rotatable bonds is 2. The Morgan fingerprint density at radius 1 is 0.619 bits per heavy atom. The van der Waals surface area contributed by atoms with Crippen molar-refractivity contribution >= 4 is 20.2 Å². The van der Waals surface area contributed by atoms with Gasteiger partial charge in [-0.25, -0.2) is 16.8 Å². The van der Waals surface area contributed by atoms with Crippen LogP contribution in [0.1, 0.15) is 51.4 Å². The molecule has 0 bridgehead atoms. The molecule has 8 N–H and O–H groups in total. The van der Waals surface area contributed by atoms with Gasteiger partial charge in [0.15, 0.2) is 0 Å². The normalized spacial score (nSPS) is 19.5. The summed E-state index contributed by atoms with van der Waals surface area (Å²) in [6, 6.07) is 0. The van der Waals surface area contributed by atoms with Gasteiger partial charge in [0, 0.05) is 27.6 Å². The van der Waals surface area contributed by atoms with E-state index in [0.29, 0.717) is 25.7 Å². The van der Waals surface area contributed by atoms with E-state index in [1.165, 1.54) is 0 Å². The van der Waals surface area contributed by atoms with Crippen LogP contribution in [0.5, 0.6) is 0 Å². The van der Waals surface area contributed by atoms with E-state index in [-0.39, 0.29) is 29.4 Å². The Hall–Kier alpha value is 0.259. The van der Waals surface area contributed by atoms with Crippen molar-refractivity contribution < 1.29 is 43.0 Å². The van der Waals surface area contributed by atoms with E-state index in [9.17, 15) is 25.9 Å². The summed E-state index contributed by atoms with van der Waals surface area (Å²) in [7, 11) is -7.91. The first kappa shape index (κ1) is 26.2. The van der Waals surface area contributed by atoms with Gasteiger partial charge < -0.3 is 21.4 Å². The van der Waals surface area contributed by atoms with Crippen LogP contribution >= 0.6 is 0 Å². The largest absolute Gasteiger partial charge is 0.748 e. The van der Waals surface area contributed by atoms with Gasteiger partial charge >= 0.3 is 0 Å². The molecular formula is C10H26FeN2O6S2. The maximum atomic E-state index is 10.3. The fraction of sp³-hybridized carbons (Fsp3) is 1.00. The Morgan fingerprint density at radius 3 is 0.905 bits per heavy atom. The van der Waals surface area contributed by atoms with E-state index in [0.717, 1.165) is 25.7 Å². The second kappa shape index (κ2) is 10.9. The molecule has 2 aliphatic rings. The van der Waals surface area contributed by atoms with Gasteiger partial charge in [-0.15, -0.1) is 0 Å². The molecule has 0 unspecified atom stereocenters. The van der Waals surface area contributed by atoms with Gasteiger partial charge in [0.2, 0.25) is 0 Å². The minimum atomic E-state index is -3.95. The van der Waals surface area contributed by atoms with Crippen LogP contribution in [0.3, 0.4) is 0 Å². The van der Waals surface area contributed by atoms with Crippen LogP contribution in [-0.4, -0.2) is 36.4 Å². The van der Waals surface area contributed by atoms with E-state index in [2.05, 4.69) is 0 Å². The monoisotopic (exact) mass is 390 g/mol. The van der Waals surface area contributed by atoms with Crippen LogP contribution in [0.15, 0.2) is 0 Å². The molecule has 8 nitrogen and oxygen atoms in total. The van der Waals surface area contributed by atoms with Crippen molar-refractivity contribution in [2.24, 2.45) is 0 Å². The topological polar surface area (TPSA) is 187 Å². The second-order valence-electron chi connectivity index (χ2n) is 4.80. The van der Waals surface area contributed by atoms with Crippen LogP contribution in [0.2, 0.25) is 0 Å². The maximum absolute atomic E-state index is 10.3. The molecule has 21 heavy (non-hydrogen) atoms. The molecule has 2 saturated carbocycles. The van der Waals surface area contributed by atoms with Crippen LogP contribution in [0.4, 0.5) is 0 Å². The summed E-state index contributed by atoms with van der Waals surface area (Å²) in [4.78, 5) is 0. The predicted molar refractivity (Wildman–Crippen MR) is 75.9 cm³/mol. The van der Waals surface area contributed by atoms with Gasteiger partial charge in [-0.2, -0.15) is 0 Å².